The molecule has 1 rings (SSSR count). The summed E-state index contributed by atoms with van der Waals surface area (Å²) >= 11 is 9.14. The first-order chi connectivity index (χ1) is 8.40. The van der Waals surface area contributed by atoms with Crippen molar-refractivity contribution in [3.63, 3.8) is 0 Å². The summed E-state index contributed by atoms with van der Waals surface area (Å²) < 4.78 is 0.683. The lowest BCUT2D eigenvalue weighted by Crippen LogP contribution is -2.32. The average molecular weight is 335 g/mol. The van der Waals surface area contributed by atoms with Gasteiger partial charge in [0.25, 0.3) is 5.91 Å². The Morgan fingerprint density at radius 3 is 2.78 bits per heavy atom. The van der Waals surface area contributed by atoms with E-state index in [1.165, 1.54) is 0 Å². The molecule has 100 valence electrons. The minimum atomic E-state index is -0.521. The lowest BCUT2D eigenvalue weighted by Gasteiger charge is -2.14. The molecule has 1 amide bonds. The largest absolute Gasteiger partial charge is 0.391 e. The molecule has 3 nitrogen and oxygen atoms in total. The molecular weight excluding hydrogens is 318 g/mol. The summed E-state index contributed by atoms with van der Waals surface area (Å²) in [5.41, 5.74) is 0.472. The molecule has 1 unspecified atom stereocenters. The van der Waals surface area contributed by atoms with Crippen LogP contribution in [0.4, 0.5) is 0 Å². The third kappa shape index (κ3) is 4.96. The predicted octanol–water partition coefficient (Wildman–Crippen LogP) is 3.24. The van der Waals surface area contributed by atoms with Gasteiger partial charge in [0.15, 0.2) is 0 Å². The lowest BCUT2D eigenvalue weighted by molar-refractivity contribution is 0.0899. The highest BCUT2D eigenvalue weighted by Gasteiger charge is 2.13. The first-order valence-electron chi connectivity index (χ1n) is 5.81. The highest BCUT2D eigenvalue weighted by Crippen LogP contribution is 2.21. The number of hydrogen-bond acceptors (Lipinski definition) is 2. The van der Waals surface area contributed by atoms with Crippen molar-refractivity contribution in [2.45, 2.75) is 26.4 Å². The molecule has 2 N–H and O–H groups in total. The highest BCUT2D eigenvalue weighted by molar-refractivity contribution is 9.10. The third-order valence-electron chi connectivity index (χ3n) is 2.41. The number of benzene rings is 1. The summed E-state index contributed by atoms with van der Waals surface area (Å²) in [5, 5.41) is 12.9. The molecule has 1 aromatic rings. The molecule has 0 heterocycles. The van der Waals surface area contributed by atoms with Crippen LogP contribution in [0.25, 0.3) is 0 Å². The van der Waals surface area contributed by atoms with E-state index in [1.54, 1.807) is 18.2 Å². The number of aliphatic hydroxyl groups is 1. The maximum absolute atomic E-state index is 11.9. The van der Waals surface area contributed by atoms with E-state index >= 15 is 0 Å². The number of carbonyl (C=O) groups is 1. The minimum absolute atomic E-state index is 0.243. The SMILES string of the molecule is CC(C)CC(O)CNC(=O)c1cc(Cl)ccc1Br. The molecule has 1 atom stereocenters. The van der Waals surface area contributed by atoms with Crippen LogP contribution in [0.15, 0.2) is 22.7 Å². The van der Waals surface area contributed by atoms with Gasteiger partial charge in [-0.05, 0) is 46.5 Å². The number of aliphatic hydroxyl groups excluding tert-OH is 1. The van der Waals surface area contributed by atoms with Crippen molar-refractivity contribution in [3.8, 4) is 0 Å². The summed E-state index contributed by atoms with van der Waals surface area (Å²) in [4.78, 5) is 11.9. The van der Waals surface area contributed by atoms with Gasteiger partial charge in [-0.3, -0.25) is 4.79 Å². The van der Waals surface area contributed by atoms with E-state index in [9.17, 15) is 9.90 Å². The van der Waals surface area contributed by atoms with Gasteiger partial charge in [-0.15, -0.1) is 0 Å². The van der Waals surface area contributed by atoms with Gasteiger partial charge in [0.05, 0.1) is 11.7 Å². The summed E-state index contributed by atoms with van der Waals surface area (Å²) in [5.74, 6) is 0.155. The Balaban J connectivity index is 2.58. The zero-order chi connectivity index (χ0) is 13.7. The van der Waals surface area contributed by atoms with Crippen molar-refractivity contribution < 1.29 is 9.90 Å². The van der Waals surface area contributed by atoms with Crippen LogP contribution < -0.4 is 5.32 Å². The van der Waals surface area contributed by atoms with Crippen molar-refractivity contribution in [2.24, 2.45) is 5.92 Å². The normalized spacial score (nSPS) is 12.6. The quantitative estimate of drug-likeness (QED) is 0.868. The van der Waals surface area contributed by atoms with E-state index in [0.29, 0.717) is 27.4 Å². The monoisotopic (exact) mass is 333 g/mol. The summed E-state index contributed by atoms with van der Waals surface area (Å²) in [6.07, 6.45) is 0.142. The minimum Gasteiger partial charge on any atom is -0.391 e. The van der Waals surface area contributed by atoms with Crippen LogP contribution in [0.5, 0.6) is 0 Å². The molecular formula is C13H17BrClNO2. The number of nitrogens with one attached hydrogen (secondary N) is 1. The van der Waals surface area contributed by atoms with Gasteiger partial charge in [0.2, 0.25) is 0 Å². The van der Waals surface area contributed by atoms with Crippen molar-refractivity contribution in [1.29, 1.82) is 0 Å². The number of halogens is 2. The maximum Gasteiger partial charge on any atom is 0.252 e. The Morgan fingerprint density at radius 1 is 1.50 bits per heavy atom. The van der Waals surface area contributed by atoms with Crippen molar-refractivity contribution in [3.05, 3.63) is 33.3 Å². The van der Waals surface area contributed by atoms with E-state index in [4.69, 9.17) is 11.6 Å². The van der Waals surface area contributed by atoms with E-state index in [2.05, 4.69) is 21.2 Å². The molecule has 0 aliphatic carbocycles. The van der Waals surface area contributed by atoms with Gasteiger partial charge < -0.3 is 10.4 Å². The zero-order valence-corrected chi connectivity index (χ0v) is 12.8. The second kappa shape index (κ2) is 7.12. The molecule has 0 aliphatic rings. The number of amides is 1. The molecule has 5 heteroatoms. The Kier molecular flexibility index (Phi) is 6.12. The summed E-state index contributed by atoms with van der Waals surface area (Å²) in [6.45, 7) is 4.30. The van der Waals surface area contributed by atoms with Crippen LogP contribution >= 0.6 is 27.5 Å². The zero-order valence-electron chi connectivity index (χ0n) is 10.4. The smallest absolute Gasteiger partial charge is 0.252 e. The van der Waals surface area contributed by atoms with Crippen LogP contribution in [0.3, 0.4) is 0 Å². The second-order valence-electron chi connectivity index (χ2n) is 4.62. The highest BCUT2D eigenvalue weighted by atomic mass is 79.9. The van der Waals surface area contributed by atoms with Crippen molar-refractivity contribution >= 4 is 33.4 Å². The Labute approximate surface area is 121 Å². The van der Waals surface area contributed by atoms with Gasteiger partial charge in [-0.25, -0.2) is 0 Å². The molecule has 0 bridgehead atoms. The third-order valence-corrected chi connectivity index (χ3v) is 3.34. The van der Waals surface area contributed by atoms with E-state index in [0.717, 1.165) is 0 Å². The van der Waals surface area contributed by atoms with E-state index < -0.39 is 6.10 Å². The van der Waals surface area contributed by atoms with E-state index in [1.807, 2.05) is 13.8 Å². The fraction of sp³-hybridized carbons (Fsp3) is 0.462. The molecule has 1 aromatic carbocycles. The van der Waals surface area contributed by atoms with Crippen molar-refractivity contribution in [2.75, 3.05) is 6.54 Å². The molecule has 0 saturated carbocycles. The molecule has 0 aliphatic heterocycles. The summed E-state index contributed by atoms with van der Waals surface area (Å²) in [6, 6.07) is 5.02. The molecule has 0 saturated heterocycles. The fourth-order valence-corrected chi connectivity index (χ4v) is 2.20. The van der Waals surface area contributed by atoms with Gasteiger partial charge >= 0.3 is 0 Å². The molecule has 18 heavy (non-hydrogen) atoms. The van der Waals surface area contributed by atoms with Gasteiger partial charge in [-0.2, -0.15) is 0 Å². The van der Waals surface area contributed by atoms with Crippen LogP contribution in [0.2, 0.25) is 5.02 Å². The summed E-state index contributed by atoms with van der Waals surface area (Å²) in [7, 11) is 0. The first-order valence-corrected chi connectivity index (χ1v) is 6.98. The van der Waals surface area contributed by atoms with Gasteiger partial charge in [0.1, 0.15) is 0 Å². The topological polar surface area (TPSA) is 49.3 Å². The lowest BCUT2D eigenvalue weighted by atomic mass is 10.1. The van der Waals surface area contributed by atoms with Gasteiger partial charge in [0, 0.05) is 16.0 Å². The Hall–Kier alpha value is -0.580. The van der Waals surface area contributed by atoms with Crippen LogP contribution in [0, 0.1) is 5.92 Å². The molecule has 0 radical (unpaired) electrons. The molecule has 0 aromatic heterocycles. The van der Waals surface area contributed by atoms with Crippen molar-refractivity contribution in [1.82, 2.24) is 5.32 Å². The Bertz CT molecular complexity index is 423. The maximum atomic E-state index is 11.9. The Morgan fingerprint density at radius 2 is 2.17 bits per heavy atom. The van der Waals surface area contributed by atoms with Crippen LogP contribution in [-0.2, 0) is 0 Å². The molecule has 0 fully saturated rings. The fourth-order valence-electron chi connectivity index (χ4n) is 1.60. The first kappa shape index (κ1) is 15.5. The standard InChI is InChI=1S/C13H17BrClNO2/c1-8(2)5-10(17)7-16-13(18)11-6-9(15)3-4-12(11)14/h3-4,6,8,10,17H,5,7H2,1-2H3,(H,16,18). The number of rotatable bonds is 5. The number of carbonyl (C=O) groups excluding carboxylic acids is 1. The predicted molar refractivity (Wildman–Crippen MR) is 76.9 cm³/mol. The molecule has 0 spiro atoms. The second-order valence-corrected chi connectivity index (χ2v) is 5.91. The van der Waals surface area contributed by atoms with E-state index in [-0.39, 0.29) is 12.5 Å². The van der Waals surface area contributed by atoms with Crippen LogP contribution in [0.1, 0.15) is 30.6 Å². The average Bonchev–Trinajstić information content (AvgIpc) is 2.28. The number of hydrogen-bond donors (Lipinski definition) is 2. The van der Waals surface area contributed by atoms with Gasteiger partial charge in [-0.1, -0.05) is 25.4 Å². The van der Waals surface area contributed by atoms with Crippen LogP contribution in [-0.4, -0.2) is 23.7 Å².